The van der Waals surface area contributed by atoms with Crippen LogP contribution in [0.3, 0.4) is 0 Å². The van der Waals surface area contributed by atoms with Gasteiger partial charge in [0.15, 0.2) is 0 Å². The van der Waals surface area contributed by atoms with Crippen LogP contribution in [-0.2, 0) is 37.7 Å². The Kier molecular flexibility index (Phi) is 13.0. The molecule has 0 amide bonds. The van der Waals surface area contributed by atoms with Crippen molar-refractivity contribution in [2.75, 3.05) is 0 Å². The van der Waals surface area contributed by atoms with Gasteiger partial charge in [0, 0.05) is 34.3 Å². The van der Waals surface area contributed by atoms with Gasteiger partial charge in [-0.3, -0.25) is 0 Å². The number of hydrogen-bond acceptors (Lipinski definition) is 10. The van der Waals surface area contributed by atoms with Crippen molar-refractivity contribution in [1.29, 1.82) is 10.5 Å². The van der Waals surface area contributed by atoms with Crippen LogP contribution in [0.4, 0.5) is 0 Å². The van der Waals surface area contributed by atoms with Crippen LogP contribution < -0.4 is 0 Å². The van der Waals surface area contributed by atoms with Crippen LogP contribution in [0.1, 0.15) is 114 Å². The molecule has 2 unspecified atom stereocenters. The van der Waals surface area contributed by atoms with E-state index in [4.69, 9.17) is 0 Å². The number of nitrogens with one attached hydrogen (secondary N) is 2. The number of nitrogens with zero attached hydrogens (tertiary/aromatic N) is 6. The van der Waals surface area contributed by atoms with E-state index in [1.54, 1.807) is 123 Å². The number of rotatable bonds is 11. The number of aromatic nitrogens is 6. The van der Waals surface area contributed by atoms with Gasteiger partial charge in [-0.1, -0.05) is 74.7 Å². The number of nitriles is 2. The molecule has 0 aliphatic carbocycles. The molecule has 16 heteroatoms. The predicted octanol–water partition coefficient (Wildman–Crippen LogP) is 11.1. The predicted molar refractivity (Wildman–Crippen MR) is 288 cm³/mol. The van der Waals surface area contributed by atoms with Crippen molar-refractivity contribution in [3.63, 3.8) is 0 Å². The molecule has 0 spiro atoms. The number of H-pyrrole nitrogens is 2. The van der Waals surface area contributed by atoms with E-state index in [-0.39, 0.29) is 15.7 Å². The van der Waals surface area contributed by atoms with Crippen LogP contribution in [0, 0.1) is 50.4 Å². The largest absolute Gasteiger partial charge is 0.377 e. The summed E-state index contributed by atoms with van der Waals surface area (Å²) in [4.78, 5) is 16.0. The van der Waals surface area contributed by atoms with Crippen LogP contribution in [-0.4, -0.2) is 54.9 Å². The first-order valence-electron chi connectivity index (χ1n) is 24.2. The average Bonchev–Trinajstić information content (AvgIpc) is 4.20. The summed E-state index contributed by atoms with van der Waals surface area (Å²) in [5.41, 5.74) is 8.04. The smallest absolute Gasteiger partial charge is 0.268 e. The first kappa shape index (κ1) is 51.1. The molecule has 2 atom stereocenters. The topological polar surface area (TPSA) is 224 Å². The lowest BCUT2D eigenvalue weighted by molar-refractivity contribution is 0.0936. The van der Waals surface area contributed by atoms with E-state index in [1.807, 2.05) is 53.7 Å². The molecule has 74 heavy (non-hydrogen) atoms. The highest BCUT2D eigenvalue weighted by Gasteiger charge is 2.38. The fourth-order valence-corrected chi connectivity index (χ4v) is 12.9. The molecule has 10 aromatic rings. The van der Waals surface area contributed by atoms with E-state index in [9.17, 15) is 37.6 Å². The molecule has 10 rings (SSSR count). The summed E-state index contributed by atoms with van der Waals surface area (Å²) in [7, 11) is -7.73. The Morgan fingerprint density at radius 3 is 1.45 bits per heavy atom. The fraction of sp³-hybridized carbons (Fsp3) is 0.241. The molecule has 0 bridgehead atoms. The number of imidazole rings is 2. The average molecular weight is 1030 g/mol. The molecule has 4 aromatic heterocycles. The molecule has 0 saturated heterocycles. The summed E-state index contributed by atoms with van der Waals surface area (Å²) >= 11 is 0. The van der Waals surface area contributed by atoms with E-state index < -0.39 is 31.2 Å². The maximum Gasteiger partial charge on any atom is 0.268 e. The maximum atomic E-state index is 13.7. The zero-order valence-electron chi connectivity index (χ0n) is 42.6. The molecule has 0 fully saturated rings. The van der Waals surface area contributed by atoms with Crippen molar-refractivity contribution in [3.05, 3.63) is 189 Å². The first-order valence-corrected chi connectivity index (χ1v) is 27.1. The van der Waals surface area contributed by atoms with Crippen molar-refractivity contribution in [1.82, 2.24) is 27.9 Å². The summed E-state index contributed by atoms with van der Waals surface area (Å²) in [5.74, 6) is 0.698. The summed E-state index contributed by atoms with van der Waals surface area (Å²) in [6.45, 7) is 17.1. The molecule has 14 nitrogen and oxygen atoms in total. The molecule has 0 saturated carbocycles. The van der Waals surface area contributed by atoms with E-state index in [1.165, 1.54) is 7.94 Å². The van der Waals surface area contributed by atoms with Crippen LogP contribution in [0.25, 0.3) is 43.9 Å². The van der Waals surface area contributed by atoms with Crippen molar-refractivity contribution in [2.45, 2.75) is 102 Å². The third-order valence-corrected chi connectivity index (χ3v) is 17.2. The minimum atomic E-state index is -3.87. The van der Waals surface area contributed by atoms with Crippen molar-refractivity contribution in [3.8, 4) is 12.1 Å². The lowest BCUT2D eigenvalue weighted by Crippen LogP contribution is -2.27. The Bertz CT molecular complexity index is 4160. The summed E-state index contributed by atoms with van der Waals surface area (Å²) < 4.78 is 57.2. The van der Waals surface area contributed by atoms with E-state index in [0.29, 0.717) is 84.2 Å². The van der Waals surface area contributed by atoms with E-state index >= 15 is 0 Å². The number of aliphatic hydroxyl groups is 2. The van der Waals surface area contributed by atoms with Crippen LogP contribution in [0.2, 0.25) is 0 Å². The van der Waals surface area contributed by atoms with Gasteiger partial charge in [0.1, 0.15) is 22.9 Å². The highest BCUT2D eigenvalue weighted by molar-refractivity contribution is 7.90. The summed E-state index contributed by atoms with van der Waals surface area (Å²) in [6.07, 6.45) is 4.66. The molecule has 4 heterocycles. The molecule has 376 valence electrons. The number of fused-ring (bicyclic) bond motifs is 4. The van der Waals surface area contributed by atoms with Crippen LogP contribution in [0.5, 0.6) is 0 Å². The number of aromatic amines is 2. The highest BCUT2D eigenvalue weighted by atomic mass is 32.2. The SMILES string of the molecule is CCCc1cc(C)c2c(ccn2S(=O)(=O)c2ccc(C)cc2)c1C(C)(O)c1nc2ccc(C#N)cc2[nH]1.Cc1ccc(S(=O)(=O)n2ccc3c(C(C)(O)c4nc5ccc(C#N)cc5[nH]4)c(C(C)C)cc(C)c32)cc1. The second-order valence-corrected chi connectivity index (χ2v) is 23.3. The Labute approximate surface area is 430 Å². The van der Waals surface area contributed by atoms with Gasteiger partial charge in [-0.15, -0.1) is 0 Å². The van der Waals surface area contributed by atoms with Crippen molar-refractivity contribution < 1.29 is 27.0 Å². The monoisotopic (exact) mass is 1020 g/mol. The van der Waals surface area contributed by atoms with Gasteiger partial charge in [0.25, 0.3) is 20.0 Å². The Balaban J connectivity index is 0.000000182. The number of hydrogen-bond donors (Lipinski definition) is 4. The van der Waals surface area contributed by atoms with E-state index in [2.05, 4.69) is 39.0 Å². The third kappa shape index (κ3) is 8.73. The molecular weight excluding hydrogens is 969 g/mol. The summed E-state index contributed by atoms with van der Waals surface area (Å²) in [5, 5.41) is 43.9. The van der Waals surface area contributed by atoms with Crippen LogP contribution in [0.15, 0.2) is 131 Å². The molecule has 4 N–H and O–H groups in total. The van der Waals surface area contributed by atoms with Gasteiger partial charge in [-0.25, -0.2) is 34.7 Å². The molecule has 0 radical (unpaired) electrons. The van der Waals surface area contributed by atoms with Gasteiger partial charge in [-0.05, 0) is 149 Å². The molecule has 6 aromatic carbocycles. The van der Waals surface area contributed by atoms with Gasteiger partial charge in [0.2, 0.25) is 0 Å². The fourth-order valence-electron chi connectivity index (χ4n) is 10.1. The number of benzene rings is 6. The van der Waals surface area contributed by atoms with Gasteiger partial charge in [-0.2, -0.15) is 10.5 Å². The minimum Gasteiger partial charge on any atom is -0.377 e. The van der Waals surface area contributed by atoms with Gasteiger partial charge in [0.05, 0.1) is 66.2 Å². The third-order valence-electron chi connectivity index (χ3n) is 13.8. The maximum absolute atomic E-state index is 13.7. The van der Waals surface area contributed by atoms with Crippen LogP contribution >= 0.6 is 0 Å². The lowest BCUT2D eigenvalue weighted by Gasteiger charge is -2.28. The highest BCUT2D eigenvalue weighted by Crippen LogP contribution is 2.43. The lowest BCUT2D eigenvalue weighted by atomic mass is 9.82. The van der Waals surface area contributed by atoms with Gasteiger partial charge >= 0.3 is 0 Å². The molecular formula is C58H56N8O6S2. The second-order valence-electron chi connectivity index (χ2n) is 19.7. The summed E-state index contributed by atoms with van der Waals surface area (Å²) in [6, 6.07) is 35.4. The van der Waals surface area contributed by atoms with Gasteiger partial charge < -0.3 is 20.2 Å². The molecule has 0 aliphatic rings. The zero-order valence-corrected chi connectivity index (χ0v) is 44.2. The standard InChI is InChI=1S/2C29H28N4O3S/c1-17(2)23-14-19(4)27-22(12-13-33(27)37(35,36)21-9-6-18(3)7-10-21)26(23)29(5,34)28-31-24-11-8-20(16-30)15-25(24)32-28;1-5-6-21-15-19(3)27-23(13-14-33(27)37(35,36)22-10-7-18(2)8-11-22)26(21)29(4,34)28-31-24-12-9-20(17-30)16-25(24)32-28/h6-15,17,34H,1-5H3,(H,31,32);7-16,34H,5-6H2,1-4H3,(H,31,32). The zero-order chi connectivity index (χ0) is 53.2. The molecule has 0 aliphatic heterocycles. The normalized spacial score (nSPS) is 13.7. The Hall–Kier alpha value is -7.86. The Morgan fingerprint density at radius 2 is 1.03 bits per heavy atom. The van der Waals surface area contributed by atoms with Crippen molar-refractivity contribution in [2.24, 2.45) is 0 Å². The second kappa shape index (κ2) is 18.9. The van der Waals surface area contributed by atoms with Crippen molar-refractivity contribution >= 4 is 63.9 Å². The Morgan fingerprint density at radius 1 is 0.608 bits per heavy atom. The quantitative estimate of drug-likeness (QED) is 0.0959. The van der Waals surface area contributed by atoms with E-state index in [0.717, 1.165) is 39.8 Å². The minimum absolute atomic E-state index is 0.0520. The number of aryl methyl sites for hydroxylation is 5. The first-order chi connectivity index (χ1) is 35.0.